The first-order chi connectivity index (χ1) is 12.0. The number of nitrogens with zero attached hydrogens (tertiary/aromatic N) is 1. The third kappa shape index (κ3) is 3.85. The molecule has 1 aliphatic carbocycles. The van der Waals surface area contributed by atoms with Gasteiger partial charge < -0.3 is 0 Å². The molecule has 2 nitrogen and oxygen atoms in total. The van der Waals surface area contributed by atoms with Crippen LogP contribution >= 0.6 is 0 Å². The average Bonchev–Trinajstić information content (AvgIpc) is 2.54. The van der Waals surface area contributed by atoms with Crippen molar-refractivity contribution in [2.45, 2.75) is 52.4 Å². The summed E-state index contributed by atoms with van der Waals surface area (Å²) < 4.78 is 0. The van der Waals surface area contributed by atoms with Gasteiger partial charge in [-0.1, -0.05) is 59.7 Å². The van der Waals surface area contributed by atoms with Crippen LogP contribution in [0.1, 0.15) is 52.7 Å². The van der Waals surface area contributed by atoms with Crippen LogP contribution < -0.4 is 0 Å². The van der Waals surface area contributed by atoms with E-state index in [0.29, 0.717) is 0 Å². The molecule has 26 heavy (non-hydrogen) atoms. The van der Waals surface area contributed by atoms with E-state index in [1.165, 1.54) is 16.5 Å². The SMILES string of the molecule is CC(C)(C)c1cc(N=C2C=CC(=O)C=C2)c2cc(C(C)(C)C)ccc2c1. The molecule has 0 fully saturated rings. The zero-order chi connectivity index (χ0) is 19.1. The van der Waals surface area contributed by atoms with Crippen molar-refractivity contribution in [3.63, 3.8) is 0 Å². The van der Waals surface area contributed by atoms with Crippen molar-refractivity contribution in [2.75, 3.05) is 0 Å². The van der Waals surface area contributed by atoms with Gasteiger partial charge >= 0.3 is 0 Å². The smallest absolute Gasteiger partial charge is 0.178 e. The molecule has 0 saturated heterocycles. The van der Waals surface area contributed by atoms with Gasteiger partial charge in [0, 0.05) is 5.39 Å². The summed E-state index contributed by atoms with van der Waals surface area (Å²) >= 11 is 0. The Morgan fingerprint density at radius 2 is 1.35 bits per heavy atom. The monoisotopic (exact) mass is 345 g/mol. The Bertz CT molecular complexity index is 942. The normalized spacial score (nSPS) is 15.0. The lowest BCUT2D eigenvalue weighted by atomic mass is 9.83. The Hall–Kier alpha value is -2.48. The molecule has 0 heterocycles. The molecule has 134 valence electrons. The van der Waals surface area contributed by atoms with Crippen molar-refractivity contribution in [1.82, 2.24) is 0 Å². The summed E-state index contributed by atoms with van der Waals surface area (Å²) in [6, 6.07) is 11.1. The topological polar surface area (TPSA) is 29.4 Å². The third-order valence-electron chi connectivity index (χ3n) is 4.75. The highest BCUT2D eigenvalue weighted by Crippen LogP contribution is 2.36. The van der Waals surface area contributed by atoms with Crippen LogP contribution in [0.4, 0.5) is 5.69 Å². The average molecular weight is 345 g/mol. The van der Waals surface area contributed by atoms with Gasteiger partial charge in [0.25, 0.3) is 0 Å². The first-order valence-corrected chi connectivity index (χ1v) is 9.12. The molecule has 0 aromatic heterocycles. The van der Waals surface area contributed by atoms with E-state index >= 15 is 0 Å². The van der Waals surface area contributed by atoms with Crippen LogP contribution in [0.25, 0.3) is 10.8 Å². The van der Waals surface area contributed by atoms with E-state index in [1.807, 2.05) is 0 Å². The molecule has 0 radical (unpaired) electrons. The Labute approximate surface area is 156 Å². The van der Waals surface area contributed by atoms with E-state index in [4.69, 9.17) is 4.99 Å². The van der Waals surface area contributed by atoms with E-state index in [-0.39, 0.29) is 16.6 Å². The predicted octanol–water partition coefficient (Wildman–Crippen LogP) is 6.20. The minimum Gasteiger partial charge on any atom is -0.290 e. The molecule has 0 unspecified atom stereocenters. The number of rotatable bonds is 1. The number of hydrogen-bond acceptors (Lipinski definition) is 2. The van der Waals surface area contributed by atoms with Gasteiger partial charge in [0.1, 0.15) is 0 Å². The minimum atomic E-state index is 0.00673. The van der Waals surface area contributed by atoms with Crippen LogP contribution in [0.5, 0.6) is 0 Å². The molecule has 2 heteroatoms. The highest BCUT2D eigenvalue weighted by molar-refractivity contribution is 6.17. The van der Waals surface area contributed by atoms with Crippen LogP contribution in [0, 0.1) is 0 Å². The first kappa shape index (κ1) is 18.3. The number of benzene rings is 2. The Balaban J connectivity index is 2.25. The first-order valence-electron chi connectivity index (χ1n) is 9.12. The highest BCUT2D eigenvalue weighted by atomic mass is 16.1. The van der Waals surface area contributed by atoms with Crippen LogP contribution in [0.3, 0.4) is 0 Å². The van der Waals surface area contributed by atoms with Crippen molar-refractivity contribution >= 4 is 28.0 Å². The molecule has 0 amide bonds. The van der Waals surface area contributed by atoms with E-state index in [0.717, 1.165) is 16.8 Å². The zero-order valence-corrected chi connectivity index (χ0v) is 16.6. The van der Waals surface area contributed by atoms with Crippen LogP contribution in [-0.2, 0) is 15.6 Å². The van der Waals surface area contributed by atoms with E-state index in [2.05, 4.69) is 71.9 Å². The van der Waals surface area contributed by atoms with Crippen LogP contribution in [0.2, 0.25) is 0 Å². The molecule has 0 spiro atoms. The molecule has 0 N–H and O–H groups in total. The number of aliphatic imine (C=N–C) groups is 1. The molecule has 3 rings (SSSR count). The van der Waals surface area contributed by atoms with Crippen molar-refractivity contribution in [2.24, 2.45) is 4.99 Å². The van der Waals surface area contributed by atoms with Crippen LogP contribution in [0.15, 0.2) is 59.6 Å². The van der Waals surface area contributed by atoms with Gasteiger partial charge in [0.2, 0.25) is 0 Å². The molecule has 2 aromatic rings. The molecular formula is C24H27NO. The summed E-state index contributed by atoms with van der Waals surface area (Å²) in [5.41, 5.74) is 4.43. The molecule has 2 aromatic carbocycles. The van der Waals surface area contributed by atoms with Gasteiger partial charge in [-0.2, -0.15) is 0 Å². The van der Waals surface area contributed by atoms with E-state index in [1.54, 1.807) is 24.3 Å². The second-order valence-electron chi connectivity index (χ2n) is 9.04. The van der Waals surface area contributed by atoms with E-state index in [9.17, 15) is 4.79 Å². The fourth-order valence-corrected chi connectivity index (χ4v) is 2.99. The third-order valence-corrected chi connectivity index (χ3v) is 4.75. The van der Waals surface area contributed by atoms with E-state index < -0.39 is 0 Å². The van der Waals surface area contributed by atoms with Gasteiger partial charge in [-0.05, 0) is 63.8 Å². The summed E-state index contributed by atoms with van der Waals surface area (Å²) in [6.45, 7) is 13.3. The molecule has 0 atom stereocenters. The van der Waals surface area contributed by atoms with Crippen molar-refractivity contribution in [1.29, 1.82) is 0 Å². The second kappa shape index (κ2) is 6.35. The largest absolute Gasteiger partial charge is 0.290 e. The summed E-state index contributed by atoms with van der Waals surface area (Å²) in [5.74, 6) is 0.00673. The maximum atomic E-state index is 11.4. The molecule has 0 saturated carbocycles. The zero-order valence-electron chi connectivity index (χ0n) is 16.6. The predicted molar refractivity (Wildman–Crippen MR) is 112 cm³/mol. The van der Waals surface area contributed by atoms with Crippen LogP contribution in [-0.4, -0.2) is 11.5 Å². The van der Waals surface area contributed by atoms with Gasteiger partial charge in [0.15, 0.2) is 5.78 Å². The lowest BCUT2D eigenvalue weighted by molar-refractivity contribution is -0.110. The number of carbonyl (C=O) groups is 1. The molecule has 0 bridgehead atoms. The maximum absolute atomic E-state index is 11.4. The maximum Gasteiger partial charge on any atom is 0.178 e. The Morgan fingerprint density at radius 1 is 0.731 bits per heavy atom. The summed E-state index contributed by atoms with van der Waals surface area (Å²) in [5, 5.41) is 2.35. The second-order valence-corrected chi connectivity index (χ2v) is 9.04. The van der Waals surface area contributed by atoms with Gasteiger partial charge in [-0.25, -0.2) is 4.99 Å². The van der Waals surface area contributed by atoms with Gasteiger partial charge in [-0.3, -0.25) is 4.79 Å². The Morgan fingerprint density at radius 3 is 1.92 bits per heavy atom. The lowest BCUT2D eigenvalue weighted by Gasteiger charge is -2.23. The fourth-order valence-electron chi connectivity index (χ4n) is 2.99. The fraction of sp³-hybridized carbons (Fsp3) is 0.333. The molecular weight excluding hydrogens is 318 g/mol. The van der Waals surface area contributed by atoms with Gasteiger partial charge in [-0.15, -0.1) is 0 Å². The van der Waals surface area contributed by atoms with Crippen molar-refractivity contribution in [3.05, 3.63) is 65.8 Å². The van der Waals surface area contributed by atoms with Crippen molar-refractivity contribution in [3.8, 4) is 0 Å². The van der Waals surface area contributed by atoms with Crippen molar-refractivity contribution < 1.29 is 4.79 Å². The number of carbonyl (C=O) groups excluding carboxylic acids is 1. The summed E-state index contributed by atoms with van der Waals surface area (Å²) in [6.07, 6.45) is 6.70. The standard InChI is InChI=1S/C24H27NO/c1-23(2,3)17-8-7-16-13-18(24(4,5)6)15-22(21(16)14-17)25-19-9-11-20(26)12-10-19/h7-15H,1-6H3. The quantitative estimate of drug-likeness (QED) is 0.566. The van der Waals surface area contributed by atoms with Gasteiger partial charge in [0.05, 0.1) is 11.4 Å². The lowest BCUT2D eigenvalue weighted by Crippen LogP contribution is -2.12. The molecule has 0 aliphatic heterocycles. The number of fused-ring (bicyclic) bond motifs is 1. The Kier molecular flexibility index (Phi) is 4.47. The number of hydrogen-bond donors (Lipinski definition) is 0. The summed E-state index contributed by atoms with van der Waals surface area (Å²) in [4.78, 5) is 16.3. The molecule has 1 aliphatic rings. The minimum absolute atomic E-state index is 0.00673. The number of ketones is 1. The highest BCUT2D eigenvalue weighted by Gasteiger charge is 2.19. The number of allylic oxidation sites excluding steroid dienone is 4. The summed E-state index contributed by atoms with van der Waals surface area (Å²) in [7, 11) is 0.